The van der Waals surface area contributed by atoms with Crippen LogP contribution in [0.15, 0.2) is 10.9 Å². The normalized spacial score (nSPS) is 10.9. The number of aromatic nitrogens is 1. The van der Waals surface area contributed by atoms with E-state index in [0.29, 0.717) is 5.82 Å². The lowest BCUT2D eigenvalue weighted by molar-refractivity contribution is -0.141. The summed E-state index contributed by atoms with van der Waals surface area (Å²) in [7, 11) is 0. The van der Waals surface area contributed by atoms with E-state index in [2.05, 4.69) is 4.98 Å². The Morgan fingerprint density at radius 2 is 2.11 bits per heavy atom. The van der Waals surface area contributed by atoms with Crippen molar-refractivity contribution in [2.24, 2.45) is 0 Å². The first-order valence-corrected chi connectivity index (χ1v) is 6.82. The second-order valence-corrected chi connectivity index (χ2v) is 5.44. The molecule has 0 bridgehead atoms. The van der Waals surface area contributed by atoms with E-state index in [1.54, 1.807) is 38.6 Å². The van der Waals surface area contributed by atoms with Crippen LogP contribution in [0, 0.1) is 0 Å². The lowest BCUT2D eigenvalue weighted by atomic mass is 10.2. The fourth-order valence-electron chi connectivity index (χ4n) is 1.23. The first kappa shape index (κ1) is 15.4. The molecular weight excluding hydrogens is 268 g/mol. The Labute approximate surface area is 116 Å². The number of nitrogens with zero attached hydrogens (tertiary/aromatic N) is 2. The molecule has 0 N–H and O–H groups in total. The monoisotopic (exact) mass is 286 g/mol. The molecule has 1 aromatic heterocycles. The van der Waals surface area contributed by atoms with Crippen molar-refractivity contribution >= 4 is 29.2 Å². The molecule has 0 radical (unpaired) electrons. The summed E-state index contributed by atoms with van der Waals surface area (Å²) in [4.78, 5) is 28.8. The number of esters is 1. The van der Waals surface area contributed by atoms with Crippen molar-refractivity contribution in [3.8, 4) is 0 Å². The molecule has 0 aromatic carbocycles. The molecule has 1 aromatic rings. The largest absolute Gasteiger partial charge is 0.465 e. The highest BCUT2D eigenvalue weighted by Crippen LogP contribution is 2.18. The number of rotatable bonds is 4. The Balaban J connectivity index is 2.81. The van der Waals surface area contributed by atoms with Crippen molar-refractivity contribution in [3.05, 3.63) is 10.9 Å². The van der Waals surface area contributed by atoms with Gasteiger partial charge < -0.3 is 9.47 Å². The van der Waals surface area contributed by atoms with Crippen LogP contribution in [0.4, 0.5) is 10.6 Å². The van der Waals surface area contributed by atoms with Crippen LogP contribution in [0.5, 0.6) is 0 Å². The molecule has 1 amide bonds. The zero-order valence-corrected chi connectivity index (χ0v) is 12.3. The Kier molecular flexibility index (Phi) is 5.29. The number of ether oxygens (including phenoxy) is 2. The van der Waals surface area contributed by atoms with Gasteiger partial charge in [0.25, 0.3) is 0 Å². The predicted octanol–water partition coefficient (Wildman–Crippen LogP) is 2.45. The van der Waals surface area contributed by atoms with Crippen molar-refractivity contribution < 1.29 is 19.1 Å². The van der Waals surface area contributed by atoms with Crippen molar-refractivity contribution in [1.82, 2.24) is 4.98 Å². The first-order valence-electron chi connectivity index (χ1n) is 5.88. The zero-order chi connectivity index (χ0) is 14.5. The summed E-state index contributed by atoms with van der Waals surface area (Å²) in [5, 5.41) is 1.67. The third kappa shape index (κ3) is 5.25. The number of hydrogen-bond donors (Lipinski definition) is 0. The molecule has 0 fully saturated rings. The SMILES string of the molecule is CCOC(=O)CN(C(=O)OC(C)(C)C)c1cscn1. The van der Waals surface area contributed by atoms with E-state index in [4.69, 9.17) is 9.47 Å². The van der Waals surface area contributed by atoms with Gasteiger partial charge in [0, 0.05) is 5.38 Å². The highest BCUT2D eigenvalue weighted by atomic mass is 32.1. The summed E-state index contributed by atoms with van der Waals surface area (Å²) in [5.41, 5.74) is 0.942. The van der Waals surface area contributed by atoms with Crippen molar-refractivity contribution in [2.75, 3.05) is 18.1 Å². The summed E-state index contributed by atoms with van der Waals surface area (Å²) < 4.78 is 10.1. The molecule has 6 nitrogen and oxygen atoms in total. The molecule has 0 atom stereocenters. The molecule has 106 valence electrons. The fraction of sp³-hybridized carbons (Fsp3) is 0.583. The molecule has 0 saturated carbocycles. The van der Waals surface area contributed by atoms with Gasteiger partial charge in [0.15, 0.2) is 0 Å². The third-order valence-corrected chi connectivity index (χ3v) is 2.48. The summed E-state index contributed by atoms with van der Waals surface area (Å²) in [5.74, 6) is -0.117. The second-order valence-electron chi connectivity index (χ2n) is 4.72. The van der Waals surface area contributed by atoms with Gasteiger partial charge >= 0.3 is 12.1 Å². The minimum absolute atomic E-state index is 0.216. The van der Waals surface area contributed by atoms with E-state index in [1.807, 2.05) is 0 Å². The standard InChI is InChI=1S/C12H18N2O4S/c1-5-17-10(15)6-14(9-7-19-8-13-9)11(16)18-12(2,3)4/h7-8H,5-6H2,1-4H3. The lowest BCUT2D eigenvalue weighted by Crippen LogP contribution is -2.40. The maximum absolute atomic E-state index is 12.1. The number of amides is 1. The molecule has 7 heteroatoms. The highest BCUT2D eigenvalue weighted by molar-refractivity contribution is 7.07. The van der Waals surface area contributed by atoms with E-state index in [-0.39, 0.29) is 13.2 Å². The Morgan fingerprint density at radius 1 is 1.42 bits per heavy atom. The second kappa shape index (κ2) is 6.51. The van der Waals surface area contributed by atoms with Gasteiger partial charge in [-0.25, -0.2) is 14.7 Å². The molecule has 0 aliphatic rings. The van der Waals surface area contributed by atoms with E-state index < -0.39 is 17.7 Å². The van der Waals surface area contributed by atoms with Gasteiger partial charge in [-0.2, -0.15) is 0 Å². The summed E-state index contributed by atoms with van der Waals surface area (Å²) >= 11 is 1.33. The summed E-state index contributed by atoms with van der Waals surface area (Å²) in [6, 6.07) is 0. The molecular formula is C12H18N2O4S. The van der Waals surface area contributed by atoms with Gasteiger partial charge in [0.1, 0.15) is 18.0 Å². The fourth-order valence-corrected chi connectivity index (χ4v) is 1.77. The molecule has 0 saturated heterocycles. The third-order valence-electron chi connectivity index (χ3n) is 1.90. The predicted molar refractivity (Wildman–Crippen MR) is 72.3 cm³/mol. The Hall–Kier alpha value is -1.63. The van der Waals surface area contributed by atoms with Gasteiger partial charge in [-0.1, -0.05) is 0 Å². The smallest absolute Gasteiger partial charge is 0.416 e. The van der Waals surface area contributed by atoms with Gasteiger partial charge in [-0.3, -0.25) is 4.79 Å². The van der Waals surface area contributed by atoms with Crippen LogP contribution in [-0.2, 0) is 14.3 Å². The molecule has 0 spiro atoms. The van der Waals surface area contributed by atoms with Gasteiger partial charge in [-0.05, 0) is 27.7 Å². The molecule has 19 heavy (non-hydrogen) atoms. The average Bonchev–Trinajstić information content (AvgIpc) is 2.76. The Bertz CT molecular complexity index is 425. The zero-order valence-electron chi connectivity index (χ0n) is 11.5. The highest BCUT2D eigenvalue weighted by Gasteiger charge is 2.26. The maximum Gasteiger partial charge on any atom is 0.416 e. The van der Waals surface area contributed by atoms with E-state index in [1.165, 1.54) is 16.2 Å². The minimum atomic E-state index is -0.639. The summed E-state index contributed by atoms with van der Waals surface area (Å²) in [6.45, 7) is 7.03. The molecule has 0 aliphatic carbocycles. The van der Waals surface area contributed by atoms with Crippen molar-refractivity contribution in [1.29, 1.82) is 0 Å². The minimum Gasteiger partial charge on any atom is -0.465 e. The van der Waals surface area contributed by atoms with Gasteiger partial charge in [-0.15, -0.1) is 11.3 Å². The van der Waals surface area contributed by atoms with Gasteiger partial charge in [0.2, 0.25) is 0 Å². The van der Waals surface area contributed by atoms with Crippen LogP contribution in [0.25, 0.3) is 0 Å². The van der Waals surface area contributed by atoms with Gasteiger partial charge in [0.05, 0.1) is 12.1 Å². The lowest BCUT2D eigenvalue weighted by Gasteiger charge is -2.25. The maximum atomic E-state index is 12.1. The van der Waals surface area contributed by atoms with E-state index in [0.717, 1.165) is 0 Å². The molecule has 1 heterocycles. The van der Waals surface area contributed by atoms with Crippen molar-refractivity contribution in [2.45, 2.75) is 33.3 Å². The number of carbonyl (C=O) groups excluding carboxylic acids is 2. The topological polar surface area (TPSA) is 68.7 Å². The number of carbonyl (C=O) groups is 2. The number of hydrogen-bond acceptors (Lipinski definition) is 6. The van der Waals surface area contributed by atoms with Crippen LogP contribution < -0.4 is 4.90 Å². The number of thiazole rings is 1. The Morgan fingerprint density at radius 3 is 2.58 bits per heavy atom. The quantitative estimate of drug-likeness (QED) is 0.795. The van der Waals surface area contributed by atoms with Crippen LogP contribution in [-0.4, -0.2) is 35.8 Å². The van der Waals surface area contributed by atoms with E-state index in [9.17, 15) is 9.59 Å². The first-order chi connectivity index (χ1) is 8.83. The van der Waals surface area contributed by atoms with Crippen LogP contribution in [0.1, 0.15) is 27.7 Å². The molecule has 0 unspecified atom stereocenters. The average molecular weight is 286 g/mol. The number of anilines is 1. The van der Waals surface area contributed by atoms with Crippen LogP contribution in [0.3, 0.4) is 0 Å². The van der Waals surface area contributed by atoms with Crippen LogP contribution in [0.2, 0.25) is 0 Å². The van der Waals surface area contributed by atoms with Crippen molar-refractivity contribution in [3.63, 3.8) is 0 Å². The summed E-state index contributed by atoms with van der Waals surface area (Å²) in [6.07, 6.45) is -0.619. The molecule has 1 rings (SSSR count). The van der Waals surface area contributed by atoms with E-state index >= 15 is 0 Å². The van der Waals surface area contributed by atoms with Crippen LogP contribution >= 0.6 is 11.3 Å². The molecule has 0 aliphatic heterocycles.